The van der Waals surface area contributed by atoms with Crippen molar-refractivity contribution in [3.05, 3.63) is 130 Å². The molecule has 0 aliphatic rings. The van der Waals surface area contributed by atoms with Crippen LogP contribution in [0.25, 0.3) is 0 Å². The predicted molar refractivity (Wildman–Crippen MR) is 135 cm³/mol. The van der Waals surface area contributed by atoms with E-state index in [9.17, 15) is 9.90 Å². The summed E-state index contributed by atoms with van der Waals surface area (Å²) in [5.41, 5.74) is 3.31. The summed E-state index contributed by atoms with van der Waals surface area (Å²) < 4.78 is 12.9. The highest BCUT2D eigenvalue weighted by atomic mass is 35.5. The van der Waals surface area contributed by atoms with Crippen molar-refractivity contribution in [3.63, 3.8) is 0 Å². The fraction of sp³-hybridized carbons (Fsp3) is 0. The second kappa shape index (κ2) is 13.0. The SMILES string of the molecule is O=C([O-])c1cc(OCl)c(OCl)c(OCl)c1Cl.c1ccc([C+](c2ccccc2)c2ccccc2)cc1. The molecule has 9 heteroatoms. The molecule has 4 aromatic carbocycles. The van der Waals surface area contributed by atoms with Gasteiger partial charge >= 0.3 is 0 Å². The number of carboxylic acid groups (broad SMARTS) is 1. The lowest BCUT2D eigenvalue weighted by Crippen LogP contribution is -2.22. The first-order valence-corrected chi connectivity index (χ1v) is 11.3. The molecule has 0 atom stereocenters. The van der Waals surface area contributed by atoms with E-state index in [1.807, 2.05) is 0 Å². The minimum atomic E-state index is -1.57. The topological polar surface area (TPSA) is 67.8 Å². The summed E-state index contributed by atoms with van der Waals surface area (Å²) in [6.07, 6.45) is 0. The maximum Gasteiger partial charge on any atom is 0.236 e. The Labute approximate surface area is 222 Å². The number of benzene rings is 4. The molecule has 0 saturated heterocycles. The van der Waals surface area contributed by atoms with Crippen LogP contribution in [0.4, 0.5) is 0 Å². The van der Waals surface area contributed by atoms with Crippen molar-refractivity contribution in [1.82, 2.24) is 0 Å². The molecular formula is C26H16Cl4O5. The number of rotatable bonds is 7. The highest BCUT2D eigenvalue weighted by Gasteiger charge is 2.23. The Morgan fingerprint density at radius 3 is 1.37 bits per heavy atom. The average Bonchev–Trinajstić information content (AvgIpc) is 2.90. The lowest BCUT2D eigenvalue weighted by molar-refractivity contribution is -0.255. The van der Waals surface area contributed by atoms with Gasteiger partial charge in [0.15, 0.2) is 5.75 Å². The van der Waals surface area contributed by atoms with Crippen LogP contribution < -0.4 is 18.0 Å². The van der Waals surface area contributed by atoms with Crippen LogP contribution in [0.2, 0.25) is 5.02 Å². The number of hydrogen-bond donors (Lipinski definition) is 0. The van der Waals surface area contributed by atoms with E-state index in [0.717, 1.165) is 6.07 Å². The molecule has 0 aliphatic carbocycles. The highest BCUT2D eigenvalue weighted by molar-refractivity contribution is 6.36. The molecule has 0 unspecified atom stereocenters. The smallest absolute Gasteiger partial charge is 0.236 e. The second-order valence-electron chi connectivity index (χ2n) is 6.89. The second-order valence-corrected chi connectivity index (χ2v) is 7.73. The van der Waals surface area contributed by atoms with Gasteiger partial charge in [-0.25, -0.2) is 0 Å². The molecule has 0 saturated carbocycles. The van der Waals surface area contributed by atoms with Crippen LogP contribution in [0.5, 0.6) is 17.2 Å². The molecule has 0 amide bonds. The molecule has 0 N–H and O–H groups in total. The van der Waals surface area contributed by atoms with Crippen molar-refractivity contribution >= 4 is 53.2 Å². The van der Waals surface area contributed by atoms with E-state index < -0.39 is 11.5 Å². The van der Waals surface area contributed by atoms with Crippen LogP contribution in [0.15, 0.2) is 97.1 Å². The zero-order chi connectivity index (χ0) is 25.2. The summed E-state index contributed by atoms with van der Waals surface area (Å²) in [4.78, 5) is 10.7. The Kier molecular flexibility index (Phi) is 9.82. The monoisotopic (exact) mass is 548 g/mol. The van der Waals surface area contributed by atoms with Gasteiger partial charge < -0.3 is 22.8 Å². The number of carbonyl (C=O) groups is 1. The Bertz CT molecular complexity index is 1150. The van der Waals surface area contributed by atoms with E-state index in [1.165, 1.54) is 22.6 Å². The summed E-state index contributed by atoms with van der Waals surface area (Å²) in [6.45, 7) is 0. The maximum absolute atomic E-state index is 10.7. The molecule has 35 heavy (non-hydrogen) atoms. The first-order valence-electron chi connectivity index (χ1n) is 9.98. The molecule has 5 nitrogen and oxygen atoms in total. The molecule has 0 radical (unpaired) electrons. The first kappa shape index (κ1) is 26.4. The molecule has 0 fully saturated rings. The molecule has 0 heterocycles. The first-order chi connectivity index (χ1) is 17.0. The average molecular weight is 550 g/mol. The number of halogens is 4. The molecule has 0 aliphatic heterocycles. The van der Waals surface area contributed by atoms with Gasteiger partial charge in [-0.1, -0.05) is 29.8 Å². The van der Waals surface area contributed by atoms with Gasteiger partial charge in [-0.2, -0.15) is 0 Å². The summed E-state index contributed by atoms with van der Waals surface area (Å²) in [7, 11) is 0. The third-order valence-corrected chi connectivity index (χ3v) is 5.64. The summed E-state index contributed by atoms with van der Waals surface area (Å²) in [6, 6.07) is 32.6. The van der Waals surface area contributed by atoms with Crippen LogP contribution in [-0.2, 0) is 0 Å². The van der Waals surface area contributed by atoms with E-state index in [0.29, 0.717) is 0 Å². The van der Waals surface area contributed by atoms with Crippen molar-refractivity contribution in [2.75, 3.05) is 0 Å². The Morgan fingerprint density at radius 1 is 0.657 bits per heavy atom. The fourth-order valence-corrected chi connectivity index (χ4v) is 3.96. The zero-order valence-electron chi connectivity index (χ0n) is 17.8. The van der Waals surface area contributed by atoms with Crippen molar-refractivity contribution in [2.24, 2.45) is 0 Å². The van der Waals surface area contributed by atoms with Gasteiger partial charge in [0.05, 0.1) is 33.6 Å². The molecule has 4 rings (SSSR count). The third-order valence-electron chi connectivity index (χ3n) is 4.79. The van der Waals surface area contributed by atoms with Crippen molar-refractivity contribution in [3.8, 4) is 17.2 Å². The lowest BCUT2D eigenvalue weighted by Gasteiger charge is -2.12. The van der Waals surface area contributed by atoms with Crippen molar-refractivity contribution in [2.45, 2.75) is 0 Å². The normalized spacial score (nSPS) is 9.94. The predicted octanol–water partition coefficient (Wildman–Crippen LogP) is 7.01. The van der Waals surface area contributed by atoms with E-state index in [2.05, 4.69) is 104 Å². The third kappa shape index (κ3) is 6.47. The van der Waals surface area contributed by atoms with Crippen molar-refractivity contribution in [1.29, 1.82) is 0 Å². The summed E-state index contributed by atoms with van der Waals surface area (Å²) in [5, 5.41) is 10.3. The van der Waals surface area contributed by atoms with Gasteiger partial charge in [0.1, 0.15) is 35.6 Å². The van der Waals surface area contributed by atoms with Gasteiger partial charge in [-0.3, -0.25) is 0 Å². The van der Waals surface area contributed by atoms with Crippen LogP contribution >= 0.6 is 47.2 Å². The number of hydrogen-bond acceptors (Lipinski definition) is 5. The Hall–Kier alpha value is -3.22. The molecule has 0 aromatic heterocycles. The highest BCUT2D eigenvalue weighted by Crippen LogP contribution is 2.46. The standard InChI is InChI=1S/C19H15.C7H2Cl4O5/c1-4-10-16(11-5-1)19(17-12-6-2-7-13-17)18-14-8-3-9-15-18;8-4-2(7(12)13)1-3(14-9)5(15-10)6(4)16-11/h1-15H;1H,(H,12,13)/q+1;/p-1. The van der Waals surface area contributed by atoms with Gasteiger partial charge in [0, 0.05) is 5.56 Å². The van der Waals surface area contributed by atoms with Crippen LogP contribution in [-0.4, -0.2) is 5.97 Å². The van der Waals surface area contributed by atoms with Crippen LogP contribution in [0.3, 0.4) is 0 Å². The lowest BCUT2D eigenvalue weighted by atomic mass is 9.85. The summed E-state index contributed by atoms with van der Waals surface area (Å²) in [5.74, 6) is -1.15. The molecule has 178 valence electrons. The number of aromatic carboxylic acids is 1. The Morgan fingerprint density at radius 2 is 1.06 bits per heavy atom. The number of carbonyl (C=O) groups excluding carboxylic acids is 1. The molecular weight excluding hydrogens is 534 g/mol. The minimum absolute atomic E-state index is 0.240. The van der Waals surface area contributed by atoms with E-state index in [1.54, 1.807) is 0 Å². The largest absolute Gasteiger partial charge is 0.545 e. The number of carboxylic acids is 1. The fourth-order valence-electron chi connectivity index (χ4n) is 3.26. The van der Waals surface area contributed by atoms with E-state index >= 15 is 0 Å². The van der Waals surface area contributed by atoms with Gasteiger partial charge in [0.2, 0.25) is 11.5 Å². The van der Waals surface area contributed by atoms with Gasteiger partial charge in [-0.15, -0.1) is 0 Å². The van der Waals surface area contributed by atoms with Crippen LogP contribution in [0.1, 0.15) is 27.0 Å². The molecule has 4 aromatic rings. The van der Waals surface area contributed by atoms with Gasteiger partial charge in [-0.05, 0) is 78.9 Å². The minimum Gasteiger partial charge on any atom is -0.545 e. The molecule has 0 spiro atoms. The van der Waals surface area contributed by atoms with Gasteiger partial charge in [0.25, 0.3) is 0 Å². The zero-order valence-corrected chi connectivity index (χ0v) is 20.8. The van der Waals surface area contributed by atoms with E-state index in [4.69, 9.17) is 47.2 Å². The maximum atomic E-state index is 10.7. The van der Waals surface area contributed by atoms with E-state index in [-0.39, 0.29) is 22.3 Å². The summed E-state index contributed by atoms with van der Waals surface area (Å²) >= 11 is 20.9. The Balaban J connectivity index is 0.000000199. The van der Waals surface area contributed by atoms with Crippen molar-refractivity contribution < 1.29 is 22.8 Å². The van der Waals surface area contributed by atoms with Crippen LogP contribution in [0, 0.1) is 5.92 Å². The molecule has 0 bridgehead atoms. The quantitative estimate of drug-likeness (QED) is 0.183.